The molecule has 0 amide bonds. The van der Waals surface area contributed by atoms with Gasteiger partial charge >= 0.3 is 0 Å². The molecular weight excluding hydrogens is 226 g/mol. The first-order valence-corrected chi connectivity index (χ1v) is 5.93. The molecule has 4 nitrogen and oxygen atoms in total. The van der Waals surface area contributed by atoms with Gasteiger partial charge in [-0.1, -0.05) is 13.3 Å². The molecule has 1 rings (SSSR count). The third-order valence-corrected chi connectivity index (χ3v) is 2.19. The second kappa shape index (κ2) is 7.41. The van der Waals surface area contributed by atoms with Crippen LogP contribution in [-0.4, -0.2) is 29.7 Å². The van der Waals surface area contributed by atoms with Gasteiger partial charge in [0.1, 0.15) is 5.82 Å². The molecule has 90 valence electrons. The lowest BCUT2D eigenvalue weighted by atomic mass is 10.4. The van der Waals surface area contributed by atoms with E-state index in [9.17, 15) is 0 Å². The average molecular weight is 244 g/mol. The maximum Gasteiger partial charge on any atom is 0.224 e. The summed E-state index contributed by atoms with van der Waals surface area (Å²) in [5.74, 6) is 0.747. The highest BCUT2D eigenvalue weighted by Gasteiger charge is 1.98. The van der Waals surface area contributed by atoms with Crippen LogP contribution >= 0.6 is 11.6 Å². The van der Waals surface area contributed by atoms with Crippen LogP contribution in [0.4, 0.5) is 5.82 Å². The van der Waals surface area contributed by atoms with Gasteiger partial charge in [-0.25, -0.2) is 9.97 Å². The number of aryl methyl sites for hydroxylation is 1. The molecule has 0 aliphatic heterocycles. The lowest BCUT2D eigenvalue weighted by Gasteiger charge is -2.07. The summed E-state index contributed by atoms with van der Waals surface area (Å²) in [7, 11) is 0. The fourth-order valence-corrected chi connectivity index (χ4v) is 1.45. The van der Waals surface area contributed by atoms with Crippen LogP contribution in [0.2, 0.25) is 5.28 Å². The minimum absolute atomic E-state index is 0.273. The molecular formula is C11H18ClN3O. The Hall–Kier alpha value is -0.870. The van der Waals surface area contributed by atoms with E-state index in [1.807, 2.05) is 13.0 Å². The second-order valence-corrected chi connectivity index (χ2v) is 3.89. The van der Waals surface area contributed by atoms with Crippen LogP contribution < -0.4 is 5.32 Å². The molecule has 5 heteroatoms. The highest BCUT2D eigenvalue weighted by molar-refractivity contribution is 6.28. The topological polar surface area (TPSA) is 47.0 Å². The predicted molar refractivity (Wildman–Crippen MR) is 66.0 cm³/mol. The van der Waals surface area contributed by atoms with E-state index < -0.39 is 0 Å². The molecule has 1 aromatic rings. The maximum atomic E-state index is 5.74. The van der Waals surface area contributed by atoms with Gasteiger partial charge in [0, 0.05) is 24.9 Å². The summed E-state index contributed by atoms with van der Waals surface area (Å²) in [5, 5.41) is 3.42. The van der Waals surface area contributed by atoms with Crippen molar-refractivity contribution in [3.63, 3.8) is 0 Å². The Morgan fingerprint density at radius 2 is 2.19 bits per heavy atom. The molecule has 0 aliphatic carbocycles. The minimum atomic E-state index is 0.273. The smallest absolute Gasteiger partial charge is 0.224 e. The van der Waals surface area contributed by atoms with Crippen LogP contribution in [0.15, 0.2) is 6.07 Å². The number of rotatable bonds is 7. The van der Waals surface area contributed by atoms with Crippen LogP contribution in [0.1, 0.15) is 25.5 Å². The molecule has 0 unspecified atom stereocenters. The SMILES string of the molecule is CCCCOCCNc1cc(C)nc(Cl)n1. The fourth-order valence-electron chi connectivity index (χ4n) is 1.22. The molecule has 0 atom stereocenters. The van der Waals surface area contributed by atoms with Gasteiger partial charge < -0.3 is 10.1 Å². The molecule has 1 N–H and O–H groups in total. The minimum Gasteiger partial charge on any atom is -0.380 e. The van der Waals surface area contributed by atoms with E-state index in [-0.39, 0.29) is 5.28 Å². The van der Waals surface area contributed by atoms with Gasteiger partial charge in [-0.15, -0.1) is 0 Å². The summed E-state index contributed by atoms with van der Waals surface area (Å²) in [6, 6.07) is 1.86. The van der Waals surface area contributed by atoms with Crippen LogP contribution in [0.25, 0.3) is 0 Å². The van der Waals surface area contributed by atoms with Gasteiger partial charge in [0.25, 0.3) is 0 Å². The van der Waals surface area contributed by atoms with Crippen molar-refractivity contribution in [2.75, 3.05) is 25.1 Å². The van der Waals surface area contributed by atoms with Crippen LogP contribution in [0, 0.1) is 6.92 Å². The van der Waals surface area contributed by atoms with Crippen molar-refractivity contribution < 1.29 is 4.74 Å². The highest BCUT2D eigenvalue weighted by Crippen LogP contribution is 2.08. The Morgan fingerprint density at radius 1 is 1.38 bits per heavy atom. The van der Waals surface area contributed by atoms with Crippen molar-refractivity contribution in [2.24, 2.45) is 0 Å². The first kappa shape index (κ1) is 13.2. The molecule has 0 spiro atoms. The molecule has 0 saturated heterocycles. The van der Waals surface area contributed by atoms with Crippen molar-refractivity contribution in [3.8, 4) is 0 Å². The largest absolute Gasteiger partial charge is 0.380 e. The first-order valence-electron chi connectivity index (χ1n) is 5.55. The molecule has 1 aromatic heterocycles. The number of halogens is 1. The Kier molecular flexibility index (Phi) is 6.11. The summed E-state index contributed by atoms with van der Waals surface area (Å²) in [4.78, 5) is 8.04. The van der Waals surface area contributed by atoms with Gasteiger partial charge in [-0.2, -0.15) is 0 Å². The Bertz CT molecular complexity index is 300. The number of hydrogen-bond acceptors (Lipinski definition) is 4. The Balaban J connectivity index is 2.21. The average Bonchev–Trinajstić information content (AvgIpc) is 2.22. The van der Waals surface area contributed by atoms with E-state index in [4.69, 9.17) is 16.3 Å². The summed E-state index contributed by atoms with van der Waals surface area (Å²) in [6.45, 7) is 6.27. The standard InChI is InChI=1S/C11H18ClN3O/c1-3-4-6-16-7-5-13-10-8-9(2)14-11(12)15-10/h8H,3-7H2,1-2H3,(H,13,14,15). The molecule has 0 aliphatic rings. The first-order chi connectivity index (χ1) is 7.72. The third-order valence-electron chi connectivity index (χ3n) is 2.02. The number of ether oxygens (including phenoxy) is 1. The number of anilines is 1. The molecule has 0 radical (unpaired) electrons. The quantitative estimate of drug-likeness (QED) is 0.591. The summed E-state index contributed by atoms with van der Waals surface area (Å²) < 4.78 is 5.42. The number of hydrogen-bond donors (Lipinski definition) is 1. The number of unbranched alkanes of at least 4 members (excludes halogenated alkanes) is 1. The molecule has 0 aromatic carbocycles. The number of aromatic nitrogens is 2. The van der Waals surface area contributed by atoms with Gasteiger partial charge in [0.15, 0.2) is 0 Å². The number of nitrogens with zero attached hydrogens (tertiary/aromatic N) is 2. The molecule has 16 heavy (non-hydrogen) atoms. The van der Waals surface area contributed by atoms with E-state index in [1.165, 1.54) is 0 Å². The van der Waals surface area contributed by atoms with Crippen LogP contribution in [-0.2, 0) is 4.74 Å². The summed E-state index contributed by atoms with van der Waals surface area (Å²) in [5.41, 5.74) is 0.856. The van der Waals surface area contributed by atoms with Crippen molar-refractivity contribution in [1.29, 1.82) is 0 Å². The Labute approximate surface area is 101 Å². The van der Waals surface area contributed by atoms with Crippen molar-refractivity contribution >= 4 is 17.4 Å². The zero-order chi connectivity index (χ0) is 11.8. The summed E-state index contributed by atoms with van der Waals surface area (Å²) >= 11 is 5.74. The van der Waals surface area contributed by atoms with Crippen molar-refractivity contribution in [1.82, 2.24) is 9.97 Å². The lowest BCUT2D eigenvalue weighted by Crippen LogP contribution is -2.11. The lowest BCUT2D eigenvalue weighted by molar-refractivity contribution is 0.141. The van der Waals surface area contributed by atoms with Crippen molar-refractivity contribution in [3.05, 3.63) is 17.0 Å². The van der Waals surface area contributed by atoms with Gasteiger partial charge in [0.05, 0.1) is 6.61 Å². The zero-order valence-corrected chi connectivity index (χ0v) is 10.5. The van der Waals surface area contributed by atoms with E-state index in [0.717, 1.165) is 37.5 Å². The zero-order valence-electron chi connectivity index (χ0n) is 9.79. The maximum absolute atomic E-state index is 5.74. The van der Waals surface area contributed by atoms with E-state index in [0.29, 0.717) is 6.61 Å². The predicted octanol–water partition coefficient (Wildman–Crippen LogP) is 2.67. The normalized spacial score (nSPS) is 10.4. The fraction of sp³-hybridized carbons (Fsp3) is 0.636. The molecule has 0 bridgehead atoms. The molecule has 0 saturated carbocycles. The third kappa shape index (κ3) is 5.28. The van der Waals surface area contributed by atoms with E-state index in [1.54, 1.807) is 0 Å². The van der Waals surface area contributed by atoms with Crippen molar-refractivity contribution in [2.45, 2.75) is 26.7 Å². The van der Waals surface area contributed by atoms with E-state index in [2.05, 4.69) is 22.2 Å². The van der Waals surface area contributed by atoms with E-state index >= 15 is 0 Å². The van der Waals surface area contributed by atoms with Crippen LogP contribution in [0.5, 0.6) is 0 Å². The highest BCUT2D eigenvalue weighted by atomic mass is 35.5. The molecule has 0 fully saturated rings. The summed E-state index contributed by atoms with van der Waals surface area (Å²) in [6.07, 6.45) is 2.27. The molecule has 1 heterocycles. The van der Waals surface area contributed by atoms with Crippen LogP contribution in [0.3, 0.4) is 0 Å². The van der Waals surface area contributed by atoms with Gasteiger partial charge in [0.2, 0.25) is 5.28 Å². The monoisotopic (exact) mass is 243 g/mol. The second-order valence-electron chi connectivity index (χ2n) is 3.56. The number of nitrogens with one attached hydrogen (secondary N) is 1. The Morgan fingerprint density at radius 3 is 2.88 bits per heavy atom. The van der Waals surface area contributed by atoms with Gasteiger partial charge in [-0.05, 0) is 24.9 Å². The van der Waals surface area contributed by atoms with Gasteiger partial charge in [-0.3, -0.25) is 0 Å².